The van der Waals surface area contributed by atoms with Gasteiger partial charge in [0.05, 0.1) is 12.2 Å². The number of allylic oxidation sites excluding steroid dienone is 1. The van der Waals surface area contributed by atoms with Crippen molar-refractivity contribution in [2.75, 3.05) is 13.3 Å². The number of pyridine rings is 1. The third-order valence-corrected chi connectivity index (χ3v) is 8.15. The SMILES string of the molecule is O=C(CCCCCN1C(=O)C2SC=CC2=[N+](Cc2cc(=O)n3ccccc3n2)C1=O)NCc1ccc2c(c1)OCO2. The van der Waals surface area contributed by atoms with Gasteiger partial charge in [-0.05, 0) is 60.6 Å². The Kier molecular flexibility index (Phi) is 7.55. The van der Waals surface area contributed by atoms with Crippen LogP contribution in [0, 0.1) is 0 Å². The molecule has 1 N–H and O–H groups in total. The van der Waals surface area contributed by atoms with Crippen LogP contribution in [0.25, 0.3) is 5.65 Å². The van der Waals surface area contributed by atoms with Crippen molar-refractivity contribution in [3.8, 4) is 11.5 Å². The minimum absolute atomic E-state index is 0.0644. The number of carbonyl (C=O) groups is 3. The summed E-state index contributed by atoms with van der Waals surface area (Å²) >= 11 is 1.36. The van der Waals surface area contributed by atoms with E-state index in [-0.39, 0.29) is 37.3 Å². The normalized spacial score (nSPS) is 17.5. The molecule has 0 fully saturated rings. The number of rotatable bonds is 10. The first-order valence-corrected chi connectivity index (χ1v) is 14.4. The van der Waals surface area contributed by atoms with Crippen LogP contribution in [0.3, 0.4) is 0 Å². The maximum Gasteiger partial charge on any atom is 0.501 e. The number of carbonyl (C=O) groups excluding carboxylic acids is 3. The molecule has 4 amide bonds. The summed E-state index contributed by atoms with van der Waals surface area (Å²) in [5, 5.41) is 4.22. The highest BCUT2D eigenvalue weighted by Gasteiger charge is 2.48. The topological polar surface area (TPSA) is 122 Å². The van der Waals surface area contributed by atoms with Gasteiger partial charge in [0.1, 0.15) is 17.9 Å². The van der Waals surface area contributed by atoms with E-state index in [1.165, 1.54) is 31.7 Å². The first kappa shape index (κ1) is 26.8. The molecule has 0 saturated heterocycles. The molecule has 0 radical (unpaired) electrons. The van der Waals surface area contributed by atoms with Crippen LogP contribution in [0.5, 0.6) is 11.5 Å². The third kappa shape index (κ3) is 5.60. The number of fused-ring (bicyclic) bond motifs is 3. The van der Waals surface area contributed by atoms with Gasteiger partial charge >= 0.3 is 11.9 Å². The van der Waals surface area contributed by atoms with Gasteiger partial charge in [0, 0.05) is 25.2 Å². The standard InChI is InChI=1S/C29H27N5O6S/c35-25(30-16-19-8-9-22-23(14-19)40-18-39-22)7-2-1-4-12-33-28(37)27-21(10-13-41-27)34(29(33)38)17-20-15-26(36)32-11-5-3-6-24(32)31-20/h3,5-6,8-11,13-15,27H,1-2,4,7,12,16-18H2/p+1. The van der Waals surface area contributed by atoms with Gasteiger partial charge < -0.3 is 14.8 Å². The summed E-state index contributed by atoms with van der Waals surface area (Å²) < 4.78 is 13.7. The fourth-order valence-corrected chi connectivity index (χ4v) is 6.00. The van der Waals surface area contributed by atoms with Crippen LogP contribution in [-0.2, 0) is 22.7 Å². The van der Waals surface area contributed by atoms with E-state index >= 15 is 0 Å². The van der Waals surface area contributed by atoms with Gasteiger partial charge in [-0.2, -0.15) is 14.3 Å². The molecule has 0 aliphatic carbocycles. The number of benzene rings is 1. The molecule has 2 aromatic heterocycles. The molecule has 0 spiro atoms. The highest BCUT2D eigenvalue weighted by Crippen LogP contribution is 2.32. The Morgan fingerprint density at radius 1 is 1.07 bits per heavy atom. The van der Waals surface area contributed by atoms with Crippen LogP contribution < -0.4 is 20.3 Å². The average Bonchev–Trinajstić information content (AvgIpc) is 3.65. The van der Waals surface area contributed by atoms with Gasteiger partial charge in [-0.1, -0.05) is 12.1 Å². The van der Waals surface area contributed by atoms with Crippen molar-refractivity contribution in [1.82, 2.24) is 19.6 Å². The first-order valence-electron chi connectivity index (χ1n) is 13.4. The van der Waals surface area contributed by atoms with Gasteiger partial charge in [-0.15, -0.1) is 11.8 Å². The average molecular weight is 575 g/mol. The van der Waals surface area contributed by atoms with E-state index in [0.29, 0.717) is 60.8 Å². The Bertz CT molecular complexity index is 1660. The highest BCUT2D eigenvalue weighted by atomic mass is 32.2. The van der Waals surface area contributed by atoms with E-state index in [4.69, 9.17) is 9.47 Å². The lowest BCUT2D eigenvalue weighted by Gasteiger charge is -2.24. The van der Waals surface area contributed by atoms with Gasteiger partial charge in [0.25, 0.3) is 5.56 Å². The zero-order valence-electron chi connectivity index (χ0n) is 22.2. The predicted molar refractivity (Wildman–Crippen MR) is 151 cm³/mol. The van der Waals surface area contributed by atoms with E-state index in [2.05, 4.69) is 10.3 Å². The van der Waals surface area contributed by atoms with Gasteiger partial charge in [0.15, 0.2) is 16.7 Å². The number of imide groups is 1. The molecule has 1 unspecified atom stereocenters. The minimum atomic E-state index is -0.504. The van der Waals surface area contributed by atoms with Gasteiger partial charge in [0.2, 0.25) is 12.7 Å². The van der Waals surface area contributed by atoms with Crippen molar-refractivity contribution < 1.29 is 28.4 Å². The van der Waals surface area contributed by atoms with Gasteiger partial charge in [-0.25, -0.2) is 9.78 Å². The zero-order valence-corrected chi connectivity index (χ0v) is 23.0. The summed E-state index contributed by atoms with van der Waals surface area (Å²) in [4.78, 5) is 57.3. The van der Waals surface area contributed by atoms with Crippen LogP contribution in [0.2, 0.25) is 0 Å². The Balaban J connectivity index is 1.02. The van der Waals surface area contributed by atoms with Crippen molar-refractivity contribution in [3.05, 3.63) is 81.8 Å². The molecule has 3 aliphatic rings. The lowest BCUT2D eigenvalue weighted by atomic mass is 10.1. The third-order valence-electron chi connectivity index (χ3n) is 7.14. The summed E-state index contributed by atoms with van der Waals surface area (Å²) in [7, 11) is 0. The van der Waals surface area contributed by atoms with E-state index in [1.807, 2.05) is 23.6 Å². The molecule has 5 heterocycles. The second-order valence-corrected chi connectivity index (χ2v) is 10.9. The summed E-state index contributed by atoms with van der Waals surface area (Å²) in [5.74, 6) is 1.07. The molecule has 0 bridgehead atoms. The largest absolute Gasteiger partial charge is 0.501 e. The number of thioether (sulfide) groups is 1. The van der Waals surface area contributed by atoms with Crippen LogP contribution >= 0.6 is 11.8 Å². The number of urea groups is 1. The summed E-state index contributed by atoms with van der Waals surface area (Å²) in [5.41, 5.74) is 2.24. The van der Waals surface area contributed by atoms with E-state index in [1.54, 1.807) is 30.5 Å². The molecule has 11 nitrogen and oxygen atoms in total. The Morgan fingerprint density at radius 2 is 1.95 bits per heavy atom. The van der Waals surface area contributed by atoms with Crippen LogP contribution in [0.15, 0.2) is 64.9 Å². The fourth-order valence-electron chi connectivity index (χ4n) is 5.04. The zero-order chi connectivity index (χ0) is 28.3. The Labute approximate surface area is 239 Å². The molecule has 3 aliphatic heterocycles. The van der Waals surface area contributed by atoms with Crippen molar-refractivity contribution >= 4 is 41.0 Å². The summed E-state index contributed by atoms with van der Waals surface area (Å²) in [6, 6.07) is 11.8. The maximum atomic E-state index is 13.5. The predicted octanol–water partition coefficient (Wildman–Crippen LogP) is 2.84. The van der Waals surface area contributed by atoms with Crippen molar-refractivity contribution in [2.45, 2.75) is 44.0 Å². The molecule has 210 valence electrons. The number of aromatic nitrogens is 2. The van der Waals surface area contributed by atoms with Crippen molar-refractivity contribution in [2.24, 2.45) is 0 Å². The molecular formula is C29H28N5O6S+. The number of hydrogen-bond acceptors (Lipinski definition) is 8. The molecule has 41 heavy (non-hydrogen) atoms. The number of nitrogens with zero attached hydrogens (tertiary/aromatic N) is 4. The molecular weight excluding hydrogens is 546 g/mol. The summed E-state index contributed by atoms with van der Waals surface area (Å²) in [6.45, 7) is 0.942. The fraction of sp³-hybridized carbons (Fsp3) is 0.310. The molecule has 3 aromatic rings. The second kappa shape index (κ2) is 11.6. The van der Waals surface area contributed by atoms with E-state index in [9.17, 15) is 19.2 Å². The molecule has 12 heteroatoms. The number of unbranched alkanes of at least 4 members (excludes halogenated alkanes) is 2. The van der Waals surface area contributed by atoms with Crippen LogP contribution in [0.1, 0.15) is 36.9 Å². The minimum Gasteiger partial charge on any atom is -0.454 e. The second-order valence-electron chi connectivity index (χ2n) is 9.89. The lowest BCUT2D eigenvalue weighted by Crippen LogP contribution is -2.55. The number of amides is 4. The van der Waals surface area contributed by atoms with Crippen LogP contribution in [-0.4, -0.2) is 61.0 Å². The Hall–Kier alpha value is -4.45. The molecule has 6 rings (SSSR count). The quantitative estimate of drug-likeness (QED) is 0.290. The number of ether oxygens (including phenoxy) is 2. The number of nitrogens with one attached hydrogen (secondary N) is 1. The summed E-state index contributed by atoms with van der Waals surface area (Å²) in [6.07, 6.45) is 5.67. The maximum absolute atomic E-state index is 13.5. The lowest BCUT2D eigenvalue weighted by molar-refractivity contribution is -0.455. The number of hydrogen-bond donors (Lipinski definition) is 1. The van der Waals surface area contributed by atoms with E-state index in [0.717, 1.165) is 5.56 Å². The van der Waals surface area contributed by atoms with Gasteiger partial charge in [-0.3, -0.25) is 14.0 Å². The smallest absolute Gasteiger partial charge is 0.454 e. The first-order chi connectivity index (χ1) is 20.0. The van der Waals surface area contributed by atoms with E-state index < -0.39 is 11.3 Å². The van der Waals surface area contributed by atoms with Crippen molar-refractivity contribution in [1.29, 1.82) is 0 Å². The molecule has 1 atom stereocenters. The monoisotopic (exact) mass is 574 g/mol. The molecule has 0 saturated carbocycles. The molecule has 1 aromatic carbocycles. The highest BCUT2D eigenvalue weighted by molar-refractivity contribution is 8.04. The van der Waals surface area contributed by atoms with Crippen LogP contribution in [0.4, 0.5) is 4.79 Å². The van der Waals surface area contributed by atoms with Crippen molar-refractivity contribution in [3.63, 3.8) is 0 Å². The Morgan fingerprint density at radius 3 is 2.85 bits per heavy atom.